The summed E-state index contributed by atoms with van der Waals surface area (Å²) in [5, 5.41) is 4.64. The number of hydrogen-bond acceptors (Lipinski definition) is 5. The second-order valence-electron chi connectivity index (χ2n) is 6.30. The molecule has 1 heterocycles. The first-order valence-electron chi connectivity index (χ1n) is 8.66. The van der Waals surface area contributed by atoms with E-state index in [4.69, 9.17) is 23.2 Å². The maximum absolute atomic E-state index is 12.6. The summed E-state index contributed by atoms with van der Waals surface area (Å²) in [4.78, 5) is 0.00818. The van der Waals surface area contributed by atoms with Crippen LogP contribution in [-0.4, -0.2) is 26.6 Å². The number of aromatic nitrogens is 2. The lowest BCUT2D eigenvalue weighted by atomic mass is 10.3. The molecule has 0 bridgehead atoms. The summed E-state index contributed by atoms with van der Waals surface area (Å²) >= 11 is 11.7. The minimum Gasteiger partial charge on any atom is -0.280 e. The van der Waals surface area contributed by atoms with Crippen LogP contribution in [0.3, 0.4) is 0 Å². The summed E-state index contributed by atoms with van der Waals surface area (Å²) in [5.41, 5.74) is 0.832. The number of sulfonamides is 2. The van der Waals surface area contributed by atoms with E-state index in [9.17, 15) is 16.8 Å². The Morgan fingerprint density at radius 3 is 2.07 bits per heavy atom. The Labute approximate surface area is 184 Å². The maximum atomic E-state index is 12.6. The van der Waals surface area contributed by atoms with Crippen molar-refractivity contribution in [3.63, 3.8) is 0 Å². The van der Waals surface area contributed by atoms with Gasteiger partial charge in [-0.15, -0.1) is 0 Å². The predicted octanol–water partition coefficient (Wildman–Crippen LogP) is 4.12. The van der Waals surface area contributed by atoms with Crippen LogP contribution in [0, 0.1) is 6.92 Å². The molecular weight excluding hydrogens is 471 g/mol. The fraction of sp³-hybridized carbons (Fsp3) is 0.167. The molecule has 0 aliphatic rings. The van der Waals surface area contributed by atoms with Crippen molar-refractivity contribution in [2.24, 2.45) is 0 Å². The molecular formula is C18H18Cl2N4O4S2. The number of halogens is 2. The number of anilines is 2. The quantitative estimate of drug-likeness (QED) is 0.519. The van der Waals surface area contributed by atoms with Crippen LogP contribution in [0.5, 0.6) is 0 Å². The fourth-order valence-corrected chi connectivity index (χ4v) is 5.21. The molecule has 8 nitrogen and oxygen atoms in total. The first-order chi connectivity index (χ1) is 14.0. The van der Waals surface area contributed by atoms with Gasteiger partial charge in [-0.25, -0.2) is 16.8 Å². The van der Waals surface area contributed by atoms with Gasteiger partial charge in [-0.3, -0.25) is 14.1 Å². The molecule has 0 spiro atoms. The van der Waals surface area contributed by atoms with E-state index in [1.807, 2.05) is 6.92 Å². The molecule has 3 aromatic rings. The van der Waals surface area contributed by atoms with Crippen molar-refractivity contribution in [2.75, 3.05) is 9.44 Å². The average Bonchev–Trinajstić information content (AvgIpc) is 3.06. The fourth-order valence-electron chi connectivity index (χ4n) is 2.61. The van der Waals surface area contributed by atoms with Crippen molar-refractivity contribution in [2.45, 2.75) is 30.2 Å². The molecule has 0 amide bonds. The van der Waals surface area contributed by atoms with Crippen molar-refractivity contribution < 1.29 is 16.8 Å². The molecule has 0 saturated carbocycles. The zero-order valence-electron chi connectivity index (χ0n) is 15.9. The van der Waals surface area contributed by atoms with Gasteiger partial charge in [0.2, 0.25) is 0 Å². The Bertz CT molecular complexity index is 1290. The zero-order chi connectivity index (χ0) is 22.1. The first-order valence-corrected chi connectivity index (χ1v) is 12.4. The van der Waals surface area contributed by atoms with Gasteiger partial charge in [0.25, 0.3) is 20.0 Å². The van der Waals surface area contributed by atoms with Crippen molar-refractivity contribution >= 4 is 54.6 Å². The van der Waals surface area contributed by atoms with Gasteiger partial charge in [-0.05, 0) is 56.3 Å². The minimum atomic E-state index is -3.90. The molecule has 160 valence electrons. The van der Waals surface area contributed by atoms with Gasteiger partial charge in [0.1, 0.15) is 4.90 Å². The van der Waals surface area contributed by atoms with Gasteiger partial charge in [0.05, 0.1) is 26.3 Å². The van der Waals surface area contributed by atoms with Crippen molar-refractivity contribution in [1.29, 1.82) is 0 Å². The number of rotatable bonds is 7. The largest absolute Gasteiger partial charge is 0.280 e. The van der Waals surface area contributed by atoms with E-state index in [0.29, 0.717) is 17.3 Å². The van der Waals surface area contributed by atoms with Gasteiger partial charge in [-0.1, -0.05) is 23.2 Å². The van der Waals surface area contributed by atoms with Gasteiger partial charge in [-0.2, -0.15) is 5.10 Å². The third-order valence-electron chi connectivity index (χ3n) is 4.10. The standard InChI is InChI=1S/C18H18Cl2N4O4S2/c1-3-24-11-18(12(2)21-24)30(27,28)22-13-4-7-15(8-5-13)29(25,26)23-14-6-9-16(19)17(20)10-14/h4-11,22-23H,3H2,1-2H3. The van der Waals surface area contributed by atoms with Crippen molar-refractivity contribution in [3.05, 3.63) is 64.4 Å². The summed E-state index contributed by atoms with van der Waals surface area (Å²) < 4.78 is 56.7. The Morgan fingerprint density at radius 2 is 1.50 bits per heavy atom. The van der Waals surface area contributed by atoms with Crippen LogP contribution in [0.25, 0.3) is 0 Å². The molecule has 0 radical (unpaired) electrons. The molecule has 12 heteroatoms. The minimum absolute atomic E-state index is 0.0495. The molecule has 0 aliphatic heterocycles. The Hall–Kier alpha value is -2.27. The molecule has 0 aliphatic carbocycles. The second kappa shape index (κ2) is 8.46. The van der Waals surface area contributed by atoms with Crippen LogP contribution >= 0.6 is 23.2 Å². The molecule has 1 aromatic heterocycles. The van der Waals surface area contributed by atoms with E-state index in [0.717, 1.165) is 0 Å². The normalized spacial score (nSPS) is 12.0. The highest BCUT2D eigenvalue weighted by atomic mass is 35.5. The highest BCUT2D eigenvalue weighted by Gasteiger charge is 2.21. The Kier molecular flexibility index (Phi) is 6.32. The second-order valence-corrected chi connectivity index (χ2v) is 10.4. The van der Waals surface area contributed by atoms with Crippen molar-refractivity contribution in [1.82, 2.24) is 9.78 Å². The highest BCUT2D eigenvalue weighted by molar-refractivity contribution is 7.93. The third-order valence-corrected chi connectivity index (χ3v) is 7.72. The topological polar surface area (TPSA) is 110 Å². The SMILES string of the molecule is CCn1cc(S(=O)(=O)Nc2ccc(S(=O)(=O)Nc3ccc(Cl)c(Cl)c3)cc2)c(C)n1. The summed E-state index contributed by atoms with van der Waals surface area (Å²) in [6, 6.07) is 9.65. The Balaban J connectivity index is 1.79. The maximum Gasteiger partial charge on any atom is 0.265 e. The van der Waals surface area contributed by atoms with Crippen LogP contribution in [0.15, 0.2) is 58.5 Å². The molecule has 2 N–H and O–H groups in total. The number of aryl methyl sites for hydroxylation is 2. The smallest absolute Gasteiger partial charge is 0.265 e. The molecule has 30 heavy (non-hydrogen) atoms. The molecule has 0 atom stereocenters. The van der Waals surface area contributed by atoms with E-state index in [-0.39, 0.29) is 26.2 Å². The number of nitrogens with zero attached hydrogens (tertiary/aromatic N) is 2. The zero-order valence-corrected chi connectivity index (χ0v) is 19.1. The number of benzene rings is 2. The molecule has 0 unspecified atom stereocenters. The summed E-state index contributed by atoms with van der Waals surface area (Å²) in [7, 11) is -7.77. The number of hydrogen-bond donors (Lipinski definition) is 2. The Morgan fingerprint density at radius 1 is 0.900 bits per heavy atom. The van der Waals surface area contributed by atoms with Crippen LogP contribution < -0.4 is 9.44 Å². The lowest BCUT2D eigenvalue weighted by molar-refractivity contribution is 0.599. The molecule has 0 fully saturated rings. The molecule has 2 aromatic carbocycles. The van der Waals surface area contributed by atoms with Gasteiger partial charge >= 0.3 is 0 Å². The number of nitrogens with one attached hydrogen (secondary N) is 2. The van der Waals surface area contributed by atoms with E-state index in [1.54, 1.807) is 6.92 Å². The van der Waals surface area contributed by atoms with E-state index in [1.165, 1.54) is 53.3 Å². The van der Waals surface area contributed by atoms with E-state index < -0.39 is 20.0 Å². The lowest BCUT2D eigenvalue weighted by Gasteiger charge is -2.11. The summed E-state index contributed by atoms with van der Waals surface area (Å²) in [5.74, 6) is 0. The summed E-state index contributed by atoms with van der Waals surface area (Å²) in [6.07, 6.45) is 1.44. The van der Waals surface area contributed by atoms with E-state index >= 15 is 0 Å². The summed E-state index contributed by atoms with van der Waals surface area (Å²) in [6.45, 7) is 3.99. The highest BCUT2D eigenvalue weighted by Crippen LogP contribution is 2.27. The lowest BCUT2D eigenvalue weighted by Crippen LogP contribution is -2.15. The van der Waals surface area contributed by atoms with Crippen LogP contribution in [0.2, 0.25) is 10.0 Å². The first kappa shape index (κ1) is 22.4. The predicted molar refractivity (Wildman–Crippen MR) is 117 cm³/mol. The monoisotopic (exact) mass is 488 g/mol. The molecule has 0 saturated heterocycles. The van der Waals surface area contributed by atoms with Crippen LogP contribution in [0.1, 0.15) is 12.6 Å². The average molecular weight is 489 g/mol. The van der Waals surface area contributed by atoms with Crippen LogP contribution in [-0.2, 0) is 26.6 Å². The third kappa shape index (κ3) is 4.89. The van der Waals surface area contributed by atoms with Crippen LogP contribution in [0.4, 0.5) is 11.4 Å². The van der Waals surface area contributed by atoms with Crippen molar-refractivity contribution in [3.8, 4) is 0 Å². The van der Waals surface area contributed by atoms with Gasteiger partial charge in [0, 0.05) is 18.4 Å². The molecule has 3 rings (SSSR count). The van der Waals surface area contributed by atoms with Gasteiger partial charge in [0.15, 0.2) is 0 Å². The van der Waals surface area contributed by atoms with Gasteiger partial charge < -0.3 is 0 Å². The van der Waals surface area contributed by atoms with E-state index in [2.05, 4.69) is 14.5 Å².